The molecule has 2 aromatic carbocycles. The highest BCUT2D eigenvalue weighted by molar-refractivity contribution is 6.36. The number of anilines is 1. The van der Waals surface area contributed by atoms with Crippen molar-refractivity contribution in [1.82, 2.24) is 15.3 Å². The van der Waals surface area contributed by atoms with Gasteiger partial charge in [-0.05, 0) is 61.4 Å². The van der Waals surface area contributed by atoms with Gasteiger partial charge in [-0.25, -0.2) is 9.97 Å². The third-order valence-electron chi connectivity index (χ3n) is 6.98. The molecule has 1 unspecified atom stereocenters. The van der Waals surface area contributed by atoms with Gasteiger partial charge < -0.3 is 10.6 Å². The van der Waals surface area contributed by atoms with Gasteiger partial charge in [-0.15, -0.1) is 0 Å². The lowest BCUT2D eigenvalue weighted by atomic mass is 10.0. The van der Waals surface area contributed by atoms with Crippen LogP contribution in [0.4, 0.5) is 5.82 Å². The number of rotatable bonds is 6. The number of hydrogen-bond donors (Lipinski definition) is 2. The molecule has 2 N–H and O–H groups in total. The van der Waals surface area contributed by atoms with Gasteiger partial charge in [-0.1, -0.05) is 47.5 Å². The van der Waals surface area contributed by atoms with Crippen LogP contribution in [0.3, 0.4) is 0 Å². The van der Waals surface area contributed by atoms with E-state index in [1.54, 1.807) is 13.0 Å². The Hall–Kier alpha value is -2.63. The van der Waals surface area contributed by atoms with E-state index in [-0.39, 0.29) is 18.0 Å². The molecule has 34 heavy (non-hydrogen) atoms. The number of benzene rings is 2. The summed E-state index contributed by atoms with van der Waals surface area (Å²) in [6.45, 7) is 1.57. The lowest BCUT2D eigenvalue weighted by Gasteiger charge is -2.25. The lowest BCUT2D eigenvalue weighted by molar-refractivity contribution is -0.119. The Bertz CT molecular complexity index is 1290. The number of aromatic nitrogens is 2. The SMILES string of the molecule is CC(=O)N[C@@H]1Cc2ccccc2C1Nc1nc(C2CC2)c(-c2ccc(Cl)cc2Cl)nc1C1CC1. The number of nitrogens with zero attached hydrogens (tertiary/aromatic N) is 2. The molecule has 2 fully saturated rings. The fourth-order valence-corrected chi connectivity index (χ4v) is 5.54. The second-order valence-electron chi connectivity index (χ2n) is 9.70. The van der Waals surface area contributed by atoms with Crippen molar-refractivity contribution in [2.24, 2.45) is 0 Å². The molecular formula is C27H26Cl2N4O. The van der Waals surface area contributed by atoms with Crippen molar-refractivity contribution in [1.29, 1.82) is 0 Å². The highest BCUT2D eigenvalue weighted by Crippen LogP contribution is 2.49. The Kier molecular flexibility index (Phi) is 5.50. The van der Waals surface area contributed by atoms with E-state index in [0.29, 0.717) is 21.9 Å². The summed E-state index contributed by atoms with van der Waals surface area (Å²) in [6.07, 6.45) is 5.23. The summed E-state index contributed by atoms with van der Waals surface area (Å²) in [5.74, 6) is 1.61. The summed E-state index contributed by atoms with van der Waals surface area (Å²) in [4.78, 5) is 22.4. The molecule has 0 radical (unpaired) electrons. The van der Waals surface area contributed by atoms with Crippen LogP contribution in [0, 0.1) is 0 Å². The van der Waals surface area contributed by atoms with Gasteiger partial charge in [0.05, 0.1) is 34.2 Å². The van der Waals surface area contributed by atoms with Crippen LogP contribution in [0.1, 0.15) is 73.0 Å². The zero-order valence-corrected chi connectivity index (χ0v) is 20.5. The summed E-state index contributed by atoms with van der Waals surface area (Å²) in [7, 11) is 0. The third kappa shape index (κ3) is 4.16. The average molecular weight is 493 g/mol. The van der Waals surface area contributed by atoms with E-state index >= 15 is 0 Å². The Balaban J connectivity index is 1.44. The molecule has 1 heterocycles. The number of carbonyl (C=O) groups is 1. The number of nitrogens with one attached hydrogen (secondary N) is 2. The van der Waals surface area contributed by atoms with Crippen molar-refractivity contribution >= 4 is 34.9 Å². The third-order valence-corrected chi connectivity index (χ3v) is 7.53. The minimum Gasteiger partial charge on any atom is -0.360 e. The van der Waals surface area contributed by atoms with E-state index in [0.717, 1.165) is 60.6 Å². The number of carbonyl (C=O) groups excluding carboxylic acids is 1. The number of amides is 1. The molecule has 1 amide bonds. The van der Waals surface area contributed by atoms with Crippen molar-refractivity contribution in [2.45, 2.75) is 62.9 Å². The fourth-order valence-electron chi connectivity index (χ4n) is 5.05. The molecule has 1 aromatic heterocycles. The van der Waals surface area contributed by atoms with Crippen molar-refractivity contribution in [2.75, 3.05) is 5.32 Å². The van der Waals surface area contributed by atoms with Crippen LogP contribution in [0.25, 0.3) is 11.3 Å². The largest absolute Gasteiger partial charge is 0.360 e. The smallest absolute Gasteiger partial charge is 0.217 e. The van der Waals surface area contributed by atoms with Crippen molar-refractivity contribution in [3.8, 4) is 11.3 Å². The van der Waals surface area contributed by atoms with Gasteiger partial charge in [-0.3, -0.25) is 4.79 Å². The lowest BCUT2D eigenvalue weighted by Crippen LogP contribution is -2.39. The number of hydrogen-bond acceptors (Lipinski definition) is 4. The standard InChI is InChI=1S/C27H26Cl2N4O/c1-14(34)30-22-12-17-4-2-3-5-19(17)25(22)33-27-24(16-8-9-16)31-26(23(32-27)15-6-7-15)20-11-10-18(28)13-21(20)29/h2-5,10-11,13,15-16,22,25H,6-9,12H2,1H3,(H,30,34)(H,32,33)/t22-,25?/m1/s1. The summed E-state index contributed by atoms with van der Waals surface area (Å²) in [6, 6.07) is 13.9. The Morgan fingerprint density at radius 3 is 2.41 bits per heavy atom. The highest BCUT2D eigenvalue weighted by Gasteiger charge is 2.38. The Morgan fingerprint density at radius 2 is 1.71 bits per heavy atom. The van der Waals surface area contributed by atoms with Crippen LogP contribution in [-0.4, -0.2) is 21.9 Å². The van der Waals surface area contributed by atoms with Crippen LogP contribution in [0.5, 0.6) is 0 Å². The Morgan fingerprint density at radius 1 is 0.971 bits per heavy atom. The monoisotopic (exact) mass is 492 g/mol. The topological polar surface area (TPSA) is 66.9 Å². The highest BCUT2D eigenvalue weighted by atomic mass is 35.5. The van der Waals surface area contributed by atoms with Crippen LogP contribution in [0.2, 0.25) is 10.0 Å². The first kappa shape index (κ1) is 21.9. The van der Waals surface area contributed by atoms with E-state index in [2.05, 4.69) is 34.9 Å². The van der Waals surface area contributed by atoms with Gasteiger partial charge in [0, 0.05) is 29.3 Å². The van der Waals surface area contributed by atoms with Crippen LogP contribution in [0.15, 0.2) is 42.5 Å². The van der Waals surface area contributed by atoms with Crippen LogP contribution >= 0.6 is 23.2 Å². The molecule has 3 aliphatic rings. The first-order valence-electron chi connectivity index (χ1n) is 12.0. The predicted molar refractivity (Wildman–Crippen MR) is 136 cm³/mol. The quantitative estimate of drug-likeness (QED) is 0.416. The molecular weight excluding hydrogens is 467 g/mol. The zero-order chi connectivity index (χ0) is 23.4. The second-order valence-corrected chi connectivity index (χ2v) is 10.5. The van der Waals surface area contributed by atoms with Crippen molar-refractivity contribution in [3.63, 3.8) is 0 Å². The molecule has 3 aromatic rings. The molecule has 0 bridgehead atoms. The number of halogens is 2. The molecule has 0 aliphatic heterocycles. The first-order chi connectivity index (χ1) is 16.5. The fraction of sp³-hybridized carbons (Fsp3) is 0.370. The van der Waals surface area contributed by atoms with Crippen LogP contribution in [-0.2, 0) is 11.2 Å². The minimum absolute atomic E-state index is 0.0236. The van der Waals surface area contributed by atoms with E-state index < -0.39 is 0 Å². The van der Waals surface area contributed by atoms with E-state index in [1.165, 1.54) is 11.1 Å². The molecule has 7 heteroatoms. The van der Waals surface area contributed by atoms with Gasteiger partial charge in [0.2, 0.25) is 5.91 Å². The minimum atomic E-state index is -0.0519. The molecule has 2 saturated carbocycles. The summed E-state index contributed by atoms with van der Waals surface area (Å²) in [5, 5.41) is 8.08. The van der Waals surface area contributed by atoms with Gasteiger partial charge in [0.15, 0.2) is 0 Å². The van der Waals surface area contributed by atoms with Gasteiger partial charge >= 0.3 is 0 Å². The van der Waals surface area contributed by atoms with Crippen molar-refractivity contribution in [3.05, 3.63) is 75.0 Å². The van der Waals surface area contributed by atoms with E-state index in [4.69, 9.17) is 33.2 Å². The first-order valence-corrected chi connectivity index (χ1v) is 12.7. The predicted octanol–water partition coefficient (Wildman–Crippen LogP) is 6.42. The van der Waals surface area contributed by atoms with E-state index in [9.17, 15) is 4.79 Å². The molecule has 2 atom stereocenters. The zero-order valence-electron chi connectivity index (χ0n) is 18.9. The summed E-state index contributed by atoms with van der Waals surface area (Å²) in [5.41, 5.74) is 6.22. The maximum atomic E-state index is 12.0. The van der Waals surface area contributed by atoms with E-state index in [1.807, 2.05) is 12.1 Å². The molecule has 0 saturated heterocycles. The van der Waals surface area contributed by atoms with Gasteiger partial charge in [0.1, 0.15) is 5.82 Å². The second kappa shape index (κ2) is 8.54. The van der Waals surface area contributed by atoms with Gasteiger partial charge in [0.25, 0.3) is 0 Å². The van der Waals surface area contributed by atoms with Crippen molar-refractivity contribution < 1.29 is 4.79 Å². The Labute approximate surface area is 209 Å². The molecule has 3 aliphatic carbocycles. The summed E-state index contributed by atoms with van der Waals surface area (Å²) >= 11 is 12.8. The summed E-state index contributed by atoms with van der Waals surface area (Å²) < 4.78 is 0. The molecule has 5 nitrogen and oxygen atoms in total. The maximum Gasteiger partial charge on any atom is 0.217 e. The number of fused-ring (bicyclic) bond motifs is 1. The molecule has 0 spiro atoms. The maximum absolute atomic E-state index is 12.0. The van der Waals surface area contributed by atoms with Gasteiger partial charge in [-0.2, -0.15) is 0 Å². The molecule has 6 rings (SSSR count). The molecule has 174 valence electrons. The van der Waals surface area contributed by atoms with Crippen LogP contribution < -0.4 is 10.6 Å². The normalized spacial score (nSPS) is 21.3. The average Bonchev–Trinajstić information content (AvgIpc) is 3.72.